The summed E-state index contributed by atoms with van der Waals surface area (Å²) in [7, 11) is 2.79. The minimum atomic E-state index is -0.244. The third kappa shape index (κ3) is 8.73. The van der Waals surface area contributed by atoms with Crippen LogP contribution < -0.4 is 0 Å². The fourth-order valence-electron chi connectivity index (χ4n) is 3.61. The number of carbonyl (C=O) groups excluding carboxylic acids is 2. The van der Waals surface area contributed by atoms with Crippen molar-refractivity contribution in [1.82, 2.24) is 0 Å². The standard InChI is InChI=1S/C26H40O4/c1-5-6-7-8-9-10-11-12-13-14-15-16-17-18-19-20-22-21(2)23(27)25(29-3)26(30-4)24(22)28/h9-10,12-13H,5-8,11,14-20H2,1-4H3. The molecule has 0 aromatic heterocycles. The van der Waals surface area contributed by atoms with Crippen molar-refractivity contribution < 1.29 is 19.1 Å². The summed E-state index contributed by atoms with van der Waals surface area (Å²) in [6, 6.07) is 0. The number of hydrogen-bond acceptors (Lipinski definition) is 4. The summed E-state index contributed by atoms with van der Waals surface area (Å²) >= 11 is 0. The quantitative estimate of drug-likeness (QED) is 0.158. The number of allylic oxidation sites excluding steroid dienone is 6. The van der Waals surface area contributed by atoms with E-state index in [1.165, 1.54) is 52.7 Å². The summed E-state index contributed by atoms with van der Waals surface area (Å²) in [6.45, 7) is 3.94. The molecule has 0 amide bonds. The Morgan fingerprint density at radius 3 is 1.83 bits per heavy atom. The molecular formula is C26H40O4. The minimum Gasteiger partial charge on any atom is -0.489 e. The molecule has 4 nitrogen and oxygen atoms in total. The van der Waals surface area contributed by atoms with Crippen molar-refractivity contribution in [2.75, 3.05) is 14.2 Å². The van der Waals surface area contributed by atoms with Gasteiger partial charge in [0.15, 0.2) is 0 Å². The number of rotatable bonds is 16. The Labute approximate surface area is 183 Å². The molecule has 0 aliphatic heterocycles. The Bertz CT molecular complexity index is 665. The van der Waals surface area contributed by atoms with Crippen LogP contribution in [0, 0.1) is 0 Å². The molecule has 0 saturated heterocycles. The van der Waals surface area contributed by atoms with Crippen molar-refractivity contribution in [1.29, 1.82) is 0 Å². The van der Waals surface area contributed by atoms with Crippen molar-refractivity contribution in [3.05, 3.63) is 47.0 Å². The minimum absolute atomic E-state index is 0.0174. The molecule has 1 aliphatic carbocycles. The van der Waals surface area contributed by atoms with Gasteiger partial charge < -0.3 is 9.47 Å². The molecule has 0 aromatic rings. The van der Waals surface area contributed by atoms with Crippen LogP contribution in [0.5, 0.6) is 0 Å². The first-order chi connectivity index (χ1) is 14.6. The van der Waals surface area contributed by atoms with E-state index in [0.717, 1.165) is 32.1 Å². The van der Waals surface area contributed by atoms with Gasteiger partial charge in [-0.15, -0.1) is 0 Å². The first-order valence-corrected chi connectivity index (χ1v) is 11.5. The summed E-state index contributed by atoms with van der Waals surface area (Å²) in [5.41, 5.74) is 1.06. The predicted molar refractivity (Wildman–Crippen MR) is 123 cm³/mol. The first kappa shape index (κ1) is 25.9. The Morgan fingerprint density at radius 1 is 0.700 bits per heavy atom. The number of ketones is 2. The highest BCUT2D eigenvalue weighted by Gasteiger charge is 2.34. The summed E-state index contributed by atoms with van der Waals surface area (Å²) in [4.78, 5) is 24.9. The highest BCUT2D eigenvalue weighted by molar-refractivity contribution is 6.23. The summed E-state index contributed by atoms with van der Waals surface area (Å²) in [5.74, 6) is -0.406. The zero-order valence-electron chi connectivity index (χ0n) is 19.4. The monoisotopic (exact) mass is 416 g/mol. The van der Waals surface area contributed by atoms with E-state index in [0.29, 0.717) is 17.6 Å². The maximum absolute atomic E-state index is 12.6. The molecule has 4 heteroatoms. The Morgan fingerprint density at radius 2 is 1.23 bits per heavy atom. The molecule has 0 bridgehead atoms. The molecule has 0 N–H and O–H groups in total. The van der Waals surface area contributed by atoms with Gasteiger partial charge >= 0.3 is 0 Å². The lowest BCUT2D eigenvalue weighted by molar-refractivity contribution is -0.121. The second-order valence-corrected chi connectivity index (χ2v) is 7.81. The zero-order valence-corrected chi connectivity index (χ0v) is 19.4. The molecule has 0 spiro atoms. The highest BCUT2D eigenvalue weighted by atomic mass is 16.5. The van der Waals surface area contributed by atoms with Gasteiger partial charge in [-0.25, -0.2) is 0 Å². The van der Waals surface area contributed by atoms with Gasteiger partial charge in [0.25, 0.3) is 0 Å². The van der Waals surface area contributed by atoms with Crippen LogP contribution >= 0.6 is 0 Å². The maximum atomic E-state index is 12.6. The molecule has 1 aliphatic rings. The number of carbonyl (C=O) groups is 2. The molecule has 0 heterocycles. The van der Waals surface area contributed by atoms with E-state index in [9.17, 15) is 9.59 Å². The average Bonchev–Trinajstić information content (AvgIpc) is 2.75. The van der Waals surface area contributed by atoms with Crippen LogP contribution in [-0.2, 0) is 19.1 Å². The topological polar surface area (TPSA) is 52.6 Å². The second-order valence-electron chi connectivity index (χ2n) is 7.81. The van der Waals surface area contributed by atoms with E-state index >= 15 is 0 Å². The van der Waals surface area contributed by atoms with Gasteiger partial charge in [-0.1, -0.05) is 63.3 Å². The predicted octanol–water partition coefficient (Wildman–Crippen LogP) is 6.77. The molecule has 0 fully saturated rings. The lowest BCUT2D eigenvalue weighted by atomic mass is 9.89. The number of methoxy groups -OCH3 is 2. The van der Waals surface area contributed by atoms with E-state index in [1.807, 2.05) is 0 Å². The van der Waals surface area contributed by atoms with Crippen LogP contribution in [0.15, 0.2) is 47.0 Å². The molecular weight excluding hydrogens is 376 g/mol. The number of ether oxygens (including phenoxy) is 2. The third-order valence-corrected chi connectivity index (χ3v) is 5.47. The van der Waals surface area contributed by atoms with Gasteiger partial charge in [-0.2, -0.15) is 0 Å². The van der Waals surface area contributed by atoms with Crippen molar-refractivity contribution in [3.63, 3.8) is 0 Å². The van der Waals surface area contributed by atoms with Crippen molar-refractivity contribution in [2.24, 2.45) is 0 Å². The lowest BCUT2D eigenvalue weighted by Gasteiger charge is -2.20. The molecule has 30 heavy (non-hydrogen) atoms. The Hall–Kier alpha value is -2.10. The van der Waals surface area contributed by atoms with Crippen LogP contribution in [-0.4, -0.2) is 25.8 Å². The van der Waals surface area contributed by atoms with Gasteiger partial charge in [0.2, 0.25) is 23.1 Å². The fourth-order valence-corrected chi connectivity index (χ4v) is 3.61. The van der Waals surface area contributed by atoms with Crippen LogP contribution in [0.25, 0.3) is 0 Å². The van der Waals surface area contributed by atoms with Crippen LogP contribution in [0.1, 0.15) is 90.9 Å². The lowest BCUT2D eigenvalue weighted by Crippen LogP contribution is -2.25. The molecule has 0 aromatic carbocycles. The normalized spacial score (nSPS) is 15.2. The smallest absolute Gasteiger partial charge is 0.228 e. The largest absolute Gasteiger partial charge is 0.489 e. The van der Waals surface area contributed by atoms with E-state index in [4.69, 9.17) is 9.47 Å². The Balaban J connectivity index is 2.18. The van der Waals surface area contributed by atoms with Gasteiger partial charge in [-0.3, -0.25) is 9.59 Å². The van der Waals surface area contributed by atoms with Crippen molar-refractivity contribution >= 4 is 11.6 Å². The first-order valence-electron chi connectivity index (χ1n) is 11.5. The van der Waals surface area contributed by atoms with Gasteiger partial charge in [0.1, 0.15) is 0 Å². The molecule has 0 saturated carbocycles. The summed E-state index contributed by atoms with van der Waals surface area (Å²) in [6.07, 6.45) is 22.5. The third-order valence-electron chi connectivity index (χ3n) is 5.47. The van der Waals surface area contributed by atoms with Crippen LogP contribution in [0.4, 0.5) is 0 Å². The molecule has 0 unspecified atom stereocenters. The van der Waals surface area contributed by atoms with Crippen molar-refractivity contribution in [3.8, 4) is 0 Å². The second kappa shape index (κ2) is 15.7. The molecule has 168 valence electrons. The van der Waals surface area contributed by atoms with Gasteiger partial charge in [-0.05, 0) is 51.9 Å². The van der Waals surface area contributed by atoms with E-state index in [-0.39, 0.29) is 23.1 Å². The SMILES string of the molecule is CCCCCC=CCC=CCCCCCCCC1=C(C)C(=O)C(OC)=C(OC)C1=O. The van der Waals surface area contributed by atoms with Crippen molar-refractivity contribution in [2.45, 2.75) is 90.9 Å². The molecule has 0 radical (unpaired) electrons. The van der Waals surface area contributed by atoms with Crippen LogP contribution in [0.3, 0.4) is 0 Å². The molecule has 0 atom stereocenters. The number of Topliss-reactive ketones (excluding diaryl/α,β-unsaturated/α-hetero) is 2. The van der Waals surface area contributed by atoms with Gasteiger partial charge in [0, 0.05) is 11.1 Å². The van der Waals surface area contributed by atoms with E-state index < -0.39 is 0 Å². The van der Waals surface area contributed by atoms with E-state index in [2.05, 4.69) is 31.2 Å². The van der Waals surface area contributed by atoms with Crippen LogP contribution in [0.2, 0.25) is 0 Å². The summed E-state index contributed by atoms with van der Waals surface area (Å²) < 4.78 is 10.2. The molecule has 1 rings (SSSR count). The van der Waals surface area contributed by atoms with E-state index in [1.54, 1.807) is 6.92 Å². The summed E-state index contributed by atoms with van der Waals surface area (Å²) in [5, 5.41) is 0. The van der Waals surface area contributed by atoms with Gasteiger partial charge in [0.05, 0.1) is 14.2 Å². The number of unbranched alkanes of at least 4 members (excludes halogenated alkanes) is 8. The zero-order chi connectivity index (χ0) is 22.2. The Kier molecular flexibility index (Phi) is 13.6. The highest BCUT2D eigenvalue weighted by Crippen LogP contribution is 2.28. The average molecular weight is 417 g/mol. The fraction of sp³-hybridized carbons (Fsp3) is 0.615. The maximum Gasteiger partial charge on any atom is 0.228 e. The number of hydrogen-bond donors (Lipinski definition) is 0.